The van der Waals surface area contributed by atoms with Gasteiger partial charge in [-0.2, -0.15) is 5.26 Å². The molecule has 136 valence electrons. The molecule has 2 atom stereocenters. The molecule has 1 aromatic carbocycles. The van der Waals surface area contributed by atoms with Gasteiger partial charge in [-0.15, -0.1) is 0 Å². The highest BCUT2D eigenvalue weighted by molar-refractivity contribution is 5.92. The predicted octanol–water partition coefficient (Wildman–Crippen LogP) is 1.44. The molecule has 0 unspecified atom stereocenters. The van der Waals surface area contributed by atoms with Gasteiger partial charge >= 0.3 is 0 Å². The Morgan fingerprint density at radius 2 is 2.04 bits per heavy atom. The molecule has 0 radical (unpaired) electrons. The minimum atomic E-state index is -0.00642. The molecule has 1 aliphatic heterocycles. The van der Waals surface area contributed by atoms with E-state index in [1.165, 1.54) is 6.92 Å². The average Bonchev–Trinajstić information content (AvgIpc) is 2.63. The van der Waals surface area contributed by atoms with Crippen molar-refractivity contribution in [1.29, 1.82) is 5.26 Å². The Morgan fingerprint density at radius 1 is 1.27 bits per heavy atom. The van der Waals surface area contributed by atoms with Gasteiger partial charge in [-0.05, 0) is 24.5 Å². The average molecular weight is 352 g/mol. The number of piperidine rings is 1. The normalized spacial score (nSPS) is 20.0. The summed E-state index contributed by atoms with van der Waals surface area (Å²) in [6.45, 7) is 6.96. The van der Waals surface area contributed by atoms with Crippen LogP contribution < -0.4 is 15.5 Å². The number of carbonyl (C=O) groups excluding carboxylic acids is 1. The van der Waals surface area contributed by atoms with E-state index >= 15 is 0 Å². The van der Waals surface area contributed by atoms with E-state index in [0.717, 1.165) is 37.3 Å². The zero-order chi connectivity index (χ0) is 18.5. The SMILES string of the molecule is CC(=O)NCCN[C@@H]1C[C@H](C)CN(c2ccc(C#N)c3nccnc23)C1. The van der Waals surface area contributed by atoms with E-state index in [4.69, 9.17) is 0 Å². The van der Waals surface area contributed by atoms with Crippen molar-refractivity contribution in [2.24, 2.45) is 5.92 Å². The van der Waals surface area contributed by atoms with Crippen LogP contribution in [-0.4, -0.2) is 48.1 Å². The molecule has 1 amide bonds. The number of fused-ring (bicyclic) bond motifs is 1. The van der Waals surface area contributed by atoms with E-state index < -0.39 is 0 Å². The molecule has 0 saturated carbocycles. The molecule has 0 aliphatic carbocycles. The number of aromatic nitrogens is 2. The van der Waals surface area contributed by atoms with Crippen molar-refractivity contribution in [1.82, 2.24) is 20.6 Å². The fourth-order valence-electron chi connectivity index (χ4n) is 3.60. The monoisotopic (exact) mass is 352 g/mol. The Bertz CT molecular complexity index is 830. The van der Waals surface area contributed by atoms with E-state index in [9.17, 15) is 10.1 Å². The van der Waals surface area contributed by atoms with Crippen molar-refractivity contribution in [3.05, 3.63) is 30.1 Å². The molecule has 3 rings (SSSR count). The molecular formula is C19H24N6O. The molecule has 2 aromatic rings. The van der Waals surface area contributed by atoms with Crippen molar-refractivity contribution < 1.29 is 4.79 Å². The van der Waals surface area contributed by atoms with Gasteiger partial charge in [0.2, 0.25) is 5.91 Å². The Kier molecular flexibility index (Phi) is 5.64. The number of benzene rings is 1. The molecule has 0 spiro atoms. The minimum absolute atomic E-state index is 0.00642. The van der Waals surface area contributed by atoms with Crippen molar-refractivity contribution in [3.63, 3.8) is 0 Å². The third kappa shape index (κ3) is 4.09. The van der Waals surface area contributed by atoms with Crippen LogP contribution >= 0.6 is 0 Å². The number of hydrogen-bond acceptors (Lipinski definition) is 6. The molecule has 2 N–H and O–H groups in total. The molecule has 7 heteroatoms. The van der Waals surface area contributed by atoms with E-state index in [0.29, 0.717) is 29.6 Å². The van der Waals surface area contributed by atoms with Crippen LogP contribution in [0.1, 0.15) is 25.8 Å². The van der Waals surface area contributed by atoms with Crippen LogP contribution in [0.4, 0.5) is 5.69 Å². The summed E-state index contributed by atoms with van der Waals surface area (Å²) in [6.07, 6.45) is 4.39. The van der Waals surface area contributed by atoms with E-state index in [2.05, 4.69) is 38.5 Å². The Labute approximate surface area is 153 Å². The largest absolute Gasteiger partial charge is 0.368 e. The van der Waals surface area contributed by atoms with Crippen molar-refractivity contribution in [2.45, 2.75) is 26.3 Å². The lowest BCUT2D eigenvalue weighted by atomic mass is 9.95. The first kappa shape index (κ1) is 18.1. The summed E-state index contributed by atoms with van der Waals surface area (Å²) in [5.74, 6) is 0.525. The number of amides is 1. The number of nitrogens with zero attached hydrogens (tertiary/aromatic N) is 4. The highest BCUT2D eigenvalue weighted by atomic mass is 16.1. The highest BCUT2D eigenvalue weighted by Gasteiger charge is 2.26. The van der Waals surface area contributed by atoms with Crippen LogP contribution in [-0.2, 0) is 4.79 Å². The lowest BCUT2D eigenvalue weighted by molar-refractivity contribution is -0.118. The third-order valence-corrected chi connectivity index (χ3v) is 4.66. The fraction of sp³-hybridized carbons (Fsp3) is 0.474. The Balaban J connectivity index is 1.77. The fourth-order valence-corrected chi connectivity index (χ4v) is 3.60. The first-order valence-electron chi connectivity index (χ1n) is 8.95. The molecule has 1 fully saturated rings. The molecule has 1 aliphatic rings. The number of rotatable bonds is 5. The van der Waals surface area contributed by atoms with Gasteiger partial charge in [-0.1, -0.05) is 6.92 Å². The summed E-state index contributed by atoms with van der Waals surface area (Å²) >= 11 is 0. The Morgan fingerprint density at radius 3 is 2.77 bits per heavy atom. The number of nitrogens with one attached hydrogen (secondary N) is 2. The number of anilines is 1. The second-order valence-electron chi connectivity index (χ2n) is 6.88. The van der Waals surface area contributed by atoms with Crippen molar-refractivity contribution in [3.8, 4) is 6.07 Å². The summed E-state index contributed by atoms with van der Waals surface area (Å²) < 4.78 is 0. The molecule has 1 saturated heterocycles. The van der Waals surface area contributed by atoms with Crippen LogP contribution in [0.2, 0.25) is 0 Å². The van der Waals surface area contributed by atoms with Gasteiger partial charge in [0.1, 0.15) is 17.1 Å². The van der Waals surface area contributed by atoms with E-state index in [-0.39, 0.29) is 5.91 Å². The standard InChI is InChI=1S/C19H24N6O/c1-13-9-16(22-6-5-21-14(2)26)12-25(11-13)17-4-3-15(10-20)18-19(17)24-8-7-23-18/h3-4,7-8,13,16,22H,5-6,9,11-12H2,1-2H3,(H,21,26)/t13-,16+/m0/s1. The predicted molar refractivity (Wildman–Crippen MR) is 101 cm³/mol. The molecule has 1 aromatic heterocycles. The van der Waals surface area contributed by atoms with E-state index in [1.807, 2.05) is 12.1 Å². The number of nitriles is 1. The first-order chi connectivity index (χ1) is 12.6. The van der Waals surface area contributed by atoms with Crippen LogP contribution in [0.25, 0.3) is 11.0 Å². The van der Waals surface area contributed by atoms with Gasteiger partial charge < -0.3 is 15.5 Å². The smallest absolute Gasteiger partial charge is 0.216 e. The minimum Gasteiger partial charge on any atom is -0.368 e. The molecule has 26 heavy (non-hydrogen) atoms. The quantitative estimate of drug-likeness (QED) is 0.791. The maximum Gasteiger partial charge on any atom is 0.216 e. The lowest BCUT2D eigenvalue weighted by Gasteiger charge is -2.38. The highest BCUT2D eigenvalue weighted by Crippen LogP contribution is 2.29. The lowest BCUT2D eigenvalue weighted by Crippen LogP contribution is -2.50. The summed E-state index contributed by atoms with van der Waals surface area (Å²) in [5, 5.41) is 15.7. The van der Waals surface area contributed by atoms with Gasteiger partial charge in [-0.3, -0.25) is 14.8 Å². The molecular weight excluding hydrogens is 328 g/mol. The van der Waals surface area contributed by atoms with Crippen LogP contribution in [0, 0.1) is 17.2 Å². The van der Waals surface area contributed by atoms with Crippen LogP contribution in [0.3, 0.4) is 0 Å². The van der Waals surface area contributed by atoms with Gasteiger partial charge in [0.15, 0.2) is 0 Å². The number of carbonyl (C=O) groups is 1. The Hall–Kier alpha value is -2.72. The van der Waals surface area contributed by atoms with Crippen LogP contribution in [0.15, 0.2) is 24.5 Å². The topological polar surface area (TPSA) is 93.9 Å². The molecule has 0 bridgehead atoms. The number of hydrogen-bond donors (Lipinski definition) is 2. The maximum atomic E-state index is 11.0. The van der Waals surface area contributed by atoms with Gasteiger partial charge in [0.25, 0.3) is 0 Å². The van der Waals surface area contributed by atoms with Gasteiger partial charge in [-0.25, -0.2) is 0 Å². The van der Waals surface area contributed by atoms with Crippen molar-refractivity contribution in [2.75, 3.05) is 31.1 Å². The van der Waals surface area contributed by atoms with Crippen LogP contribution in [0.5, 0.6) is 0 Å². The second-order valence-corrected chi connectivity index (χ2v) is 6.88. The zero-order valence-electron chi connectivity index (χ0n) is 15.2. The van der Waals surface area contributed by atoms with Crippen molar-refractivity contribution >= 4 is 22.6 Å². The first-order valence-corrected chi connectivity index (χ1v) is 8.95. The summed E-state index contributed by atoms with van der Waals surface area (Å²) in [7, 11) is 0. The molecule has 7 nitrogen and oxygen atoms in total. The molecule has 2 heterocycles. The summed E-state index contributed by atoms with van der Waals surface area (Å²) in [6, 6.07) is 6.33. The van der Waals surface area contributed by atoms with Gasteiger partial charge in [0.05, 0.1) is 11.3 Å². The second kappa shape index (κ2) is 8.11. The maximum absolute atomic E-state index is 11.0. The summed E-state index contributed by atoms with van der Waals surface area (Å²) in [5.41, 5.74) is 3.00. The summed E-state index contributed by atoms with van der Waals surface area (Å²) in [4.78, 5) is 22.1. The van der Waals surface area contributed by atoms with Gasteiger partial charge in [0, 0.05) is 51.5 Å². The zero-order valence-corrected chi connectivity index (χ0v) is 15.2. The third-order valence-electron chi connectivity index (χ3n) is 4.66. The van der Waals surface area contributed by atoms with E-state index in [1.54, 1.807) is 12.4 Å².